The molecule has 0 unspecified atom stereocenters. The molecule has 0 radical (unpaired) electrons. The van der Waals surface area contributed by atoms with Crippen LogP contribution < -0.4 is 10.6 Å². The molecule has 1 aromatic carbocycles. The average molecular weight is 408 g/mol. The van der Waals surface area contributed by atoms with Gasteiger partial charge >= 0.3 is 0 Å². The van der Waals surface area contributed by atoms with Gasteiger partial charge in [0.1, 0.15) is 0 Å². The van der Waals surface area contributed by atoms with Crippen LogP contribution in [0.1, 0.15) is 48.2 Å². The van der Waals surface area contributed by atoms with E-state index >= 15 is 0 Å². The van der Waals surface area contributed by atoms with Gasteiger partial charge in [0.05, 0.1) is 22.8 Å². The maximum absolute atomic E-state index is 13.2. The number of ether oxygens (including phenoxy) is 1. The minimum atomic E-state index is -0.130. The van der Waals surface area contributed by atoms with Crippen molar-refractivity contribution < 1.29 is 9.53 Å². The molecule has 3 aromatic rings. The van der Waals surface area contributed by atoms with Crippen molar-refractivity contribution in [1.82, 2.24) is 20.1 Å². The second kappa shape index (κ2) is 9.26. The fourth-order valence-corrected chi connectivity index (χ4v) is 3.98. The molecule has 1 saturated heterocycles. The van der Waals surface area contributed by atoms with Crippen LogP contribution in [0.15, 0.2) is 36.7 Å². The van der Waals surface area contributed by atoms with E-state index in [0.29, 0.717) is 12.1 Å². The Morgan fingerprint density at radius 1 is 1.17 bits per heavy atom. The Hall–Kier alpha value is -2.93. The van der Waals surface area contributed by atoms with Gasteiger partial charge in [-0.3, -0.25) is 4.79 Å². The summed E-state index contributed by atoms with van der Waals surface area (Å²) in [6.07, 6.45) is 6.23. The molecule has 0 atom stereocenters. The molecule has 7 heteroatoms. The van der Waals surface area contributed by atoms with Gasteiger partial charge in [0.15, 0.2) is 5.65 Å². The quantitative estimate of drug-likeness (QED) is 0.626. The number of rotatable bonds is 7. The zero-order chi connectivity index (χ0) is 20.9. The summed E-state index contributed by atoms with van der Waals surface area (Å²) in [5, 5.41) is 12.0. The molecule has 0 spiro atoms. The van der Waals surface area contributed by atoms with E-state index in [0.717, 1.165) is 61.3 Å². The number of anilines is 1. The smallest absolute Gasteiger partial charge is 0.255 e. The van der Waals surface area contributed by atoms with Crippen LogP contribution in [0.3, 0.4) is 0 Å². The van der Waals surface area contributed by atoms with E-state index < -0.39 is 0 Å². The summed E-state index contributed by atoms with van der Waals surface area (Å²) in [7, 11) is 0. The van der Waals surface area contributed by atoms with Gasteiger partial charge in [-0.15, -0.1) is 0 Å². The van der Waals surface area contributed by atoms with Gasteiger partial charge in [0.25, 0.3) is 5.91 Å². The number of hydrogen-bond acceptors (Lipinski definition) is 5. The molecular formula is C23H29N5O2. The van der Waals surface area contributed by atoms with Crippen molar-refractivity contribution in [3.63, 3.8) is 0 Å². The fraction of sp³-hybridized carbons (Fsp3) is 0.435. The van der Waals surface area contributed by atoms with Gasteiger partial charge in [0.2, 0.25) is 0 Å². The molecule has 2 N–H and O–H groups in total. The number of nitrogens with zero attached hydrogens (tertiary/aromatic N) is 3. The van der Waals surface area contributed by atoms with Gasteiger partial charge in [-0.25, -0.2) is 9.67 Å². The van der Waals surface area contributed by atoms with Crippen LogP contribution in [0.4, 0.5) is 5.69 Å². The van der Waals surface area contributed by atoms with Crippen molar-refractivity contribution in [2.75, 3.05) is 18.5 Å². The number of benzene rings is 1. The zero-order valence-corrected chi connectivity index (χ0v) is 17.6. The SMILES string of the molecule is CCc1ccccc1CNC(=O)c1cnc2c(cnn2CC)c1NC1CCOCC1. The van der Waals surface area contributed by atoms with Crippen LogP contribution in [-0.2, 0) is 24.2 Å². The predicted octanol–water partition coefficient (Wildman–Crippen LogP) is 3.53. The molecule has 1 aliphatic rings. The lowest BCUT2D eigenvalue weighted by Gasteiger charge is -2.25. The van der Waals surface area contributed by atoms with Gasteiger partial charge in [-0.05, 0) is 37.3 Å². The van der Waals surface area contributed by atoms with Crippen molar-refractivity contribution in [3.8, 4) is 0 Å². The molecule has 30 heavy (non-hydrogen) atoms. The van der Waals surface area contributed by atoms with E-state index in [9.17, 15) is 4.79 Å². The van der Waals surface area contributed by atoms with Gasteiger partial charge in [-0.2, -0.15) is 5.10 Å². The monoisotopic (exact) mass is 407 g/mol. The van der Waals surface area contributed by atoms with Crippen molar-refractivity contribution in [1.29, 1.82) is 0 Å². The molecule has 0 aliphatic carbocycles. The Morgan fingerprint density at radius 3 is 2.67 bits per heavy atom. The van der Waals surface area contributed by atoms with E-state index in [2.05, 4.69) is 39.8 Å². The van der Waals surface area contributed by atoms with E-state index in [1.54, 1.807) is 12.4 Å². The van der Waals surface area contributed by atoms with E-state index in [4.69, 9.17) is 4.74 Å². The first-order valence-electron chi connectivity index (χ1n) is 10.7. The Morgan fingerprint density at radius 2 is 1.93 bits per heavy atom. The normalized spacial score (nSPS) is 14.7. The Bertz CT molecular complexity index is 1020. The molecule has 0 bridgehead atoms. The first-order valence-corrected chi connectivity index (χ1v) is 10.7. The van der Waals surface area contributed by atoms with Crippen LogP contribution in [0, 0.1) is 0 Å². The summed E-state index contributed by atoms with van der Waals surface area (Å²) in [6, 6.07) is 8.47. The van der Waals surface area contributed by atoms with Crippen molar-refractivity contribution >= 4 is 22.6 Å². The third-order valence-electron chi connectivity index (χ3n) is 5.72. The van der Waals surface area contributed by atoms with Crippen molar-refractivity contribution in [2.45, 2.75) is 52.2 Å². The Labute approximate surface area is 176 Å². The summed E-state index contributed by atoms with van der Waals surface area (Å²) < 4.78 is 7.34. The van der Waals surface area contributed by atoms with Gasteiger partial charge in [-0.1, -0.05) is 31.2 Å². The van der Waals surface area contributed by atoms with E-state index in [1.807, 2.05) is 23.7 Å². The highest BCUT2D eigenvalue weighted by atomic mass is 16.5. The lowest BCUT2D eigenvalue weighted by Crippen LogP contribution is -2.30. The highest BCUT2D eigenvalue weighted by molar-refractivity contribution is 6.06. The summed E-state index contributed by atoms with van der Waals surface area (Å²) in [5.74, 6) is -0.130. The summed E-state index contributed by atoms with van der Waals surface area (Å²) >= 11 is 0. The number of pyridine rings is 1. The topological polar surface area (TPSA) is 81.1 Å². The zero-order valence-electron chi connectivity index (χ0n) is 17.6. The first kappa shape index (κ1) is 20.3. The molecule has 0 saturated carbocycles. The number of nitrogens with one attached hydrogen (secondary N) is 2. The molecule has 4 rings (SSSR count). The predicted molar refractivity (Wildman–Crippen MR) is 118 cm³/mol. The summed E-state index contributed by atoms with van der Waals surface area (Å²) in [6.45, 7) is 6.84. The van der Waals surface area contributed by atoms with Crippen LogP contribution in [0.2, 0.25) is 0 Å². The van der Waals surface area contributed by atoms with E-state index in [-0.39, 0.29) is 11.9 Å². The average Bonchev–Trinajstić information content (AvgIpc) is 3.22. The summed E-state index contributed by atoms with van der Waals surface area (Å²) in [5.41, 5.74) is 4.54. The second-order valence-electron chi connectivity index (χ2n) is 7.58. The first-order chi connectivity index (χ1) is 14.7. The lowest BCUT2D eigenvalue weighted by molar-refractivity contribution is 0.0904. The third kappa shape index (κ3) is 4.16. The highest BCUT2D eigenvalue weighted by Gasteiger charge is 2.22. The maximum Gasteiger partial charge on any atom is 0.255 e. The number of carbonyl (C=O) groups is 1. The third-order valence-corrected chi connectivity index (χ3v) is 5.72. The minimum absolute atomic E-state index is 0.130. The number of fused-ring (bicyclic) bond motifs is 1. The molecule has 1 aliphatic heterocycles. The molecule has 1 amide bonds. The van der Waals surface area contributed by atoms with Crippen LogP contribution in [0.5, 0.6) is 0 Å². The molecule has 158 valence electrons. The summed E-state index contributed by atoms with van der Waals surface area (Å²) in [4.78, 5) is 17.7. The van der Waals surface area contributed by atoms with Crippen LogP contribution in [-0.4, -0.2) is 39.9 Å². The minimum Gasteiger partial charge on any atom is -0.381 e. The molecule has 7 nitrogen and oxygen atoms in total. The van der Waals surface area contributed by atoms with Crippen molar-refractivity contribution in [2.24, 2.45) is 0 Å². The number of hydrogen-bond donors (Lipinski definition) is 2. The van der Waals surface area contributed by atoms with Gasteiger partial charge < -0.3 is 15.4 Å². The molecule has 1 fully saturated rings. The fourth-order valence-electron chi connectivity index (χ4n) is 3.98. The van der Waals surface area contributed by atoms with Crippen LogP contribution >= 0.6 is 0 Å². The lowest BCUT2D eigenvalue weighted by atomic mass is 10.0. The molecule has 3 heterocycles. The number of aryl methyl sites for hydroxylation is 2. The Kier molecular flexibility index (Phi) is 6.28. The molecular weight excluding hydrogens is 378 g/mol. The number of amides is 1. The standard InChI is InChI=1S/C23H29N5O2/c1-3-16-7-5-6-8-17(16)13-25-23(29)20-14-24-22-19(15-26-28(22)4-2)21(20)27-18-9-11-30-12-10-18/h5-8,14-15,18H,3-4,9-13H2,1-2H3,(H,24,27)(H,25,29). The van der Waals surface area contributed by atoms with Crippen LogP contribution in [0.25, 0.3) is 11.0 Å². The van der Waals surface area contributed by atoms with Gasteiger partial charge in [0, 0.05) is 38.5 Å². The number of carbonyl (C=O) groups excluding carboxylic acids is 1. The van der Waals surface area contributed by atoms with Crippen molar-refractivity contribution in [3.05, 3.63) is 53.3 Å². The largest absolute Gasteiger partial charge is 0.381 e. The van der Waals surface area contributed by atoms with E-state index in [1.165, 1.54) is 5.56 Å². The number of aromatic nitrogens is 3. The maximum atomic E-state index is 13.2. The Balaban J connectivity index is 1.63. The highest BCUT2D eigenvalue weighted by Crippen LogP contribution is 2.28. The molecule has 2 aromatic heterocycles. The second-order valence-corrected chi connectivity index (χ2v) is 7.58.